The SMILES string of the molecule is Cc1ccccc1-c1c(-c2ccccc2C)n2c3c(cccc13)-c1cccc3c1B2c1cc2c(cc1N3c1ccccc1)N(c1ccccc1)C1(C)CCCCC21C. The molecule has 4 heterocycles. The van der Waals surface area contributed by atoms with Gasteiger partial charge in [0.05, 0.1) is 5.54 Å². The van der Waals surface area contributed by atoms with Crippen molar-refractivity contribution in [2.75, 3.05) is 9.80 Å². The summed E-state index contributed by atoms with van der Waals surface area (Å²) in [4.78, 5) is 5.31. The van der Waals surface area contributed by atoms with Gasteiger partial charge in [-0.05, 0) is 109 Å². The third kappa shape index (κ3) is 4.30. The van der Waals surface area contributed by atoms with E-state index in [0.717, 1.165) is 6.42 Å². The number of hydrogen-bond donors (Lipinski definition) is 0. The van der Waals surface area contributed by atoms with Gasteiger partial charge in [0.25, 0.3) is 0 Å². The molecule has 1 fully saturated rings. The molecule has 1 aliphatic carbocycles. The molecule has 3 nitrogen and oxygen atoms in total. The number of anilines is 5. The third-order valence-corrected chi connectivity index (χ3v) is 14.8. The summed E-state index contributed by atoms with van der Waals surface area (Å²) < 4.78 is 2.78. The van der Waals surface area contributed by atoms with E-state index < -0.39 is 0 Å². The van der Waals surface area contributed by atoms with Crippen molar-refractivity contribution in [2.45, 2.75) is 64.3 Å². The predicted octanol–water partition coefficient (Wildman–Crippen LogP) is 12.8. The predicted molar refractivity (Wildman–Crippen MR) is 246 cm³/mol. The van der Waals surface area contributed by atoms with E-state index in [9.17, 15) is 0 Å². The first kappa shape index (κ1) is 33.8. The lowest BCUT2D eigenvalue weighted by molar-refractivity contribution is 0.195. The van der Waals surface area contributed by atoms with Crippen molar-refractivity contribution in [3.63, 3.8) is 0 Å². The topological polar surface area (TPSA) is 11.4 Å². The molecular weight excluding hydrogens is 701 g/mol. The molecule has 280 valence electrons. The average Bonchev–Trinajstić information content (AvgIpc) is 3.69. The molecule has 3 aliphatic heterocycles. The van der Waals surface area contributed by atoms with Gasteiger partial charge in [0, 0.05) is 67.1 Å². The van der Waals surface area contributed by atoms with Crippen LogP contribution >= 0.6 is 0 Å². The van der Waals surface area contributed by atoms with Crippen molar-refractivity contribution < 1.29 is 0 Å². The van der Waals surface area contributed by atoms with E-state index in [1.165, 1.54) is 120 Å². The molecule has 12 rings (SSSR count). The number of aryl methyl sites for hydroxylation is 2. The Morgan fingerprint density at radius 3 is 1.90 bits per heavy atom. The summed E-state index contributed by atoms with van der Waals surface area (Å²) >= 11 is 0. The van der Waals surface area contributed by atoms with Crippen molar-refractivity contribution in [1.29, 1.82) is 0 Å². The Bertz CT molecular complexity index is 2980. The van der Waals surface area contributed by atoms with Gasteiger partial charge in [0.15, 0.2) is 0 Å². The molecule has 58 heavy (non-hydrogen) atoms. The fourth-order valence-corrected chi connectivity index (χ4v) is 11.9. The zero-order valence-corrected chi connectivity index (χ0v) is 33.8. The summed E-state index contributed by atoms with van der Waals surface area (Å²) in [5, 5.41) is 1.32. The molecule has 8 aromatic rings. The Morgan fingerprint density at radius 1 is 0.534 bits per heavy atom. The van der Waals surface area contributed by atoms with E-state index in [0.29, 0.717) is 0 Å². The van der Waals surface area contributed by atoms with Gasteiger partial charge in [-0.1, -0.05) is 141 Å². The second-order valence-corrected chi connectivity index (χ2v) is 17.6. The summed E-state index contributed by atoms with van der Waals surface area (Å²) in [6.07, 6.45) is 4.84. The summed E-state index contributed by atoms with van der Waals surface area (Å²) in [5.74, 6) is 0. The molecule has 4 heteroatoms. The molecule has 0 spiro atoms. The second kappa shape index (κ2) is 12.1. The van der Waals surface area contributed by atoms with Crippen molar-refractivity contribution in [3.8, 4) is 33.5 Å². The van der Waals surface area contributed by atoms with Crippen LogP contribution in [0.25, 0.3) is 44.4 Å². The number of fused-ring (bicyclic) bond motifs is 7. The van der Waals surface area contributed by atoms with Gasteiger partial charge in [0.2, 0.25) is 0 Å². The van der Waals surface area contributed by atoms with Gasteiger partial charge < -0.3 is 14.3 Å². The minimum Gasteiger partial charge on any atom is -0.375 e. The van der Waals surface area contributed by atoms with Crippen LogP contribution in [0.15, 0.2) is 158 Å². The number of hydrogen-bond acceptors (Lipinski definition) is 2. The zero-order chi connectivity index (χ0) is 38.9. The number of rotatable bonds is 4. The zero-order valence-electron chi connectivity index (χ0n) is 33.8. The highest BCUT2D eigenvalue weighted by Crippen LogP contribution is 2.62. The number of para-hydroxylation sites is 3. The second-order valence-electron chi connectivity index (χ2n) is 17.6. The highest BCUT2D eigenvalue weighted by molar-refractivity contribution is 6.90. The smallest absolute Gasteiger partial charge is 0.333 e. The van der Waals surface area contributed by atoms with Gasteiger partial charge in [-0.15, -0.1) is 0 Å². The summed E-state index contributed by atoms with van der Waals surface area (Å²) in [5.41, 5.74) is 22.3. The van der Waals surface area contributed by atoms with Gasteiger partial charge in [-0.3, -0.25) is 0 Å². The van der Waals surface area contributed by atoms with E-state index in [1.54, 1.807) is 0 Å². The Morgan fingerprint density at radius 2 is 1.16 bits per heavy atom. The van der Waals surface area contributed by atoms with Crippen LogP contribution in [0.3, 0.4) is 0 Å². The van der Waals surface area contributed by atoms with E-state index in [4.69, 9.17) is 0 Å². The maximum absolute atomic E-state index is 2.78. The van der Waals surface area contributed by atoms with E-state index >= 15 is 0 Å². The van der Waals surface area contributed by atoms with Crippen molar-refractivity contribution in [1.82, 2.24) is 4.48 Å². The molecular formula is C54H46BN3. The molecule has 0 radical (unpaired) electrons. The first-order valence-electron chi connectivity index (χ1n) is 21.2. The molecule has 2 unspecified atom stereocenters. The first-order chi connectivity index (χ1) is 28.4. The van der Waals surface area contributed by atoms with E-state index in [2.05, 4.69) is 200 Å². The Hall–Kier alpha value is -6.26. The molecule has 0 bridgehead atoms. The summed E-state index contributed by atoms with van der Waals surface area (Å²) in [6, 6.07) is 59.7. The van der Waals surface area contributed by atoms with Crippen LogP contribution in [-0.2, 0) is 5.41 Å². The standard InChI is InChI=1S/C54H46BN3/c1-35-19-11-13-25-39(35)49-43-29-17-28-42-41-27-18-30-46-50(41)55(58(51(42)43)52(49)40-26-14-12-20-36(40)2)45-33-44-47(34-48(45)56(46)37-21-7-5-8-22-37)57(38-23-9-6-10-24-38)54(4)32-16-15-31-53(44,54)3/h5-14,17-30,33-34H,15-16,31-32H2,1-4H3. The average molecular weight is 748 g/mol. The lowest BCUT2D eigenvalue weighted by Gasteiger charge is -2.50. The highest BCUT2D eigenvalue weighted by Gasteiger charge is 2.58. The minimum absolute atomic E-state index is 0.0213. The van der Waals surface area contributed by atoms with Crippen molar-refractivity contribution >= 4 is 57.1 Å². The van der Waals surface area contributed by atoms with Crippen LogP contribution in [0.1, 0.15) is 56.2 Å². The van der Waals surface area contributed by atoms with Gasteiger partial charge in [0.1, 0.15) is 0 Å². The van der Waals surface area contributed by atoms with Crippen LogP contribution in [0.5, 0.6) is 0 Å². The Balaban J connectivity index is 1.25. The van der Waals surface area contributed by atoms with Crippen LogP contribution in [-0.4, -0.2) is 16.9 Å². The van der Waals surface area contributed by atoms with Crippen LogP contribution in [0.4, 0.5) is 28.4 Å². The van der Waals surface area contributed by atoms with Crippen LogP contribution < -0.4 is 20.7 Å². The highest BCUT2D eigenvalue weighted by atomic mass is 15.3. The Labute approximate surface area is 342 Å². The number of aromatic nitrogens is 1. The number of nitrogens with zero attached hydrogens (tertiary/aromatic N) is 3. The summed E-state index contributed by atoms with van der Waals surface area (Å²) in [7, 11) is 0. The molecule has 4 aliphatic rings. The Kier molecular flexibility index (Phi) is 7.08. The molecule has 0 saturated heterocycles. The first-order valence-corrected chi connectivity index (χ1v) is 21.2. The van der Waals surface area contributed by atoms with E-state index in [1.807, 2.05) is 0 Å². The largest absolute Gasteiger partial charge is 0.375 e. The monoisotopic (exact) mass is 747 g/mol. The molecule has 2 atom stereocenters. The van der Waals surface area contributed by atoms with Gasteiger partial charge >= 0.3 is 6.85 Å². The maximum atomic E-state index is 2.78. The van der Waals surface area contributed by atoms with Gasteiger partial charge in [-0.2, -0.15) is 0 Å². The van der Waals surface area contributed by atoms with Gasteiger partial charge in [-0.25, -0.2) is 0 Å². The molecule has 1 aromatic heterocycles. The fourth-order valence-electron chi connectivity index (χ4n) is 11.9. The maximum Gasteiger partial charge on any atom is 0.333 e. The number of benzene rings is 7. The van der Waals surface area contributed by atoms with Crippen LogP contribution in [0.2, 0.25) is 0 Å². The van der Waals surface area contributed by atoms with Crippen molar-refractivity contribution in [2.24, 2.45) is 0 Å². The quantitative estimate of drug-likeness (QED) is 0.166. The third-order valence-electron chi connectivity index (χ3n) is 14.8. The molecule has 0 amide bonds. The van der Waals surface area contributed by atoms with Crippen molar-refractivity contribution in [3.05, 3.63) is 174 Å². The minimum atomic E-state index is -0.0569. The molecule has 7 aromatic carbocycles. The molecule has 1 saturated carbocycles. The van der Waals surface area contributed by atoms with Crippen LogP contribution in [0, 0.1) is 13.8 Å². The normalized spacial score (nSPS) is 19.8. The lowest BCUT2D eigenvalue weighted by Crippen LogP contribution is -2.57. The molecule has 0 N–H and O–H groups in total. The lowest BCUT2D eigenvalue weighted by atomic mass is 9.44. The van der Waals surface area contributed by atoms with E-state index in [-0.39, 0.29) is 17.8 Å². The summed E-state index contributed by atoms with van der Waals surface area (Å²) in [6.45, 7) is 9.65. The fraction of sp³-hybridized carbons (Fsp3) is 0.185.